The normalized spacial score (nSPS) is 9.60. The van der Waals surface area contributed by atoms with Crippen molar-refractivity contribution in [2.45, 2.75) is 0 Å². The number of halogens is 1. The molecule has 0 N–H and O–H groups in total. The maximum atomic E-state index is 11.4. The summed E-state index contributed by atoms with van der Waals surface area (Å²) in [6, 6.07) is 3.33. The molecule has 0 atom stereocenters. The van der Waals surface area contributed by atoms with Crippen molar-refractivity contribution < 1.29 is 19.0 Å². The number of esters is 1. The molecule has 5 heteroatoms. The van der Waals surface area contributed by atoms with Gasteiger partial charge in [-0.1, -0.05) is 0 Å². The number of hydrogen-bond donors (Lipinski definition) is 0. The molecule has 0 aliphatic carbocycles. The highest BCUT2D eigenvalue weighted by Crippen LogP contribution is 2.31. The minimum absolute atomic E-state index is 0.389. The maximum Gasteiger partial charge on any atom is 0.339 e. The third-order valence-electron chi connectivity index (χ3n) is 1.88. The van der Waals surface area contributed by atoms with Crippen LogP contribution in [0.25, 0.3) is 0 Å². The summed E-state index contributed by atoms with van der Waals surface area (Å²) < 4.78 is 15.6. The molecule has 15 heavy (non-hydrogen) atoms. The van der Waals surface area contributed by atoms with Gasteiger partial charge in [0.25, 0.3) is 0 Å². The molecule has 0 unspecified atom stereocenters. The maximum absolute atomic E-state index is 11.4. The van der Waals surface area contributed by atoms with Crippen LogP contribution < -0.4 is 9.47 Å². The average Bonchev–Trinajstić information content (AvgIpc) is 2.27. The summed E-state index contributed by atoms with van der Waals surface area (Å²) in [6.07, 6.45) is 0. The zero-order valence-corrected chi connectivity index (χ0v) is 10.8. The molecule has 0 amide bonds. The predicted molar refractivity (Wildman–Crippen MR) is 63.6 cm³/mol. The van der Waals surface area contributed by atoms with Gasteiger partial charge in [0, 0.05) is 3.57 Å². The van der Waals surface area contributed by atoms with Gasteiger partial charge >= 0.3 is 5.97 Å². The van der Waals surface area contributed by atoms with Crippen LogP contribution in [0.15, 0.2) is 12.1 Å². The summed E-state index contributed by atoms with van der Waals surface area (Å²) in [7, 11) is 4.41. The minimum Gasteiger partial charge on any atom is -0.493 e. The highest BCUT2D eigenvalue weighted by molar-refractivity contribution is 14.1. The van der Waals surface area contributed by atoms with Gasteiger partial charge in [-0.3, -0.25) is 0 Å². The first-order valence-electron chi connectivity index (χ1n) is 4.13. The van der Waals surface area contributed by atoms with Crippen LogP contribution >= 0.6 is 22.6 Å². The number of ether oxygens (including phenoxy) is 3. The fraction of sp³-hybridized carbons (Fsp3) is 0.300. The summed E-state index contributed by atoms with van der Waals surface area (Å²) in [5, 5.41) is 0. The lowest BCUT2D eigenvalue weighted by atomic mass is 10.2. The molecule has 82 valence electrons. The first-order chi connectivity index (χ1) is 7.13. The third kappa shape index (κ3) is 2.53. The van der Waals surface area contributed by atoms with Crippen molar-refractivity contribution >= 4 is 28.6 Å². The van der Waals surface area contributed by atoms with E-state index in [0.29, 0.717) is 17.1 Å². The fourth-order valence-corrected chi connectivity index (χ4v) is 1.78. The van der Waals surface area contributed by atoms with Gasteiger partial charge in [0.15, 0.2) is 11.5 Å². The van der Waals surface area contributed by atoms with Gasteiger partial charge in [0.2, 0.25) is 0 Å². The molecule has 1 aromatic carbocycles. The standard InChI is InChI=1S/C10H11IO4/c1-13-8-4-6(10(12)15-3)7(11)5-9(8)14-2/h4-5H,1-3H3. The van der Waals surface area contributed by atoms with E-state index in [1.807, 2.05) is 22.6 Å². The molecule has 4 nitrogen and oxygen atoms in total. The molecule has 0 aliphatic rings. The molecule has 0 saturated heterocycles. The van der Waals surface area contributed by atoms with E-state index in [9.17, 15) is 4.79 Å². The number of rotatable bonds is 3. The fourth-order valence-electron chi connectivity index (χ4n) is 1.12. The number of carbonyl (C=O) groups excluding carboxylic acids is 1. The van der Waals surface area contributed by atoms with Crippen LogP contribution in [0, 0.1) is 3.57 Å². The van der Waals surface area contributed by atoms with Gasteiger partial charge in [-0.25, -0.2) is 4.79 Å². The summed E-state index contributed by atoms with van der Waals surface area (Å²) >= 11 is 2.04. The molecule has 0 fully saturated rings. The molecule has 0 aliphatic heterocycles. The van der Waals surface area contributed by atoms with Gasteiger partial charge in [-0.15, -0.1) is 0 Å². The molecule has 0 spiro atoms. The molecule has 0 saturated carbocycles. The Morgan fingerprint density at radius 1 is 1.13 bits per heavy atom. The van der Waals surface area contributed by atoms with E-state index in [1.165, 1.54) is 14.2 Å². The van der Waals surface area contributed by atoms with Gasteiger partial charge in [0.1, 0.15) is 0 Å². The van der Waals surface area contributed by atoms with Crippen LogP contribution in [-0.4, -0.2) is 27.3 Å². The average molecular weight is 322 g/mol. The smallest absolute Gasteiger partial charge is 0.339 e. The highest BCUT2D eigenvalue weighted by Gasteiger charge is 2.15. The topological polar surface area (TPSA) is 44.8 Å². The van der Waals surface area contributed by atoms with Crippen molar-refractivity contribution in [1.29, 1.82) is 0 Å². The quantitative estimate of drug-likeness (QED) is 0.631. The van der Waals surface area contributed by atoms with Gasteiger partial charge in [-0.05, 0) is 34.7 Å². The molecule has 0 heterocycles. The van der Waals surface area contributed by atoms with Crippen molar-refractivity contribution in [3.8, 4) is 11.5 Å². The van der Waals surface area contributed by atoms with Gasteiger partial charge < -0.3 is 14.2 Å². The van der Waals surface area contributed by atoms with Crippen molar-refractivity contribution in [2.75, 3.05) is 21.3 Å². The van der Waals surface area contributed by atoms with E-state index in [0.717, 1.165) is 3.57 Å². The lowest BCUT2D eigenvalue weighted by Gasteiger charge is -2.10. The van der Waals surface area contributed by atoms with Crippen molar-refractivity contribution in [3.05, 3.63) is 21.3 Å². The van der Waals surface area contributed by atoms with Crippen LogP contribution in [0.4, 0.5) is 0 Å². The Kier molecular flexibility index (Phi) is 4.19. The Hall–Kier alpha value is -0.980. The predicted octanol–water partition coefficient (Wildman–Crippen LogP) is 2.09. The minimum atomic E-state index is -0.389. The Morgan fingerprint density at radius 2 is 1.67 bits per heavy atom. The molecule has 1 rings (SSSR count). The summed E-state index contributed by atoms with van der Waals surface area (Å²) in [5.41, 5.74) is 0.468. The van der Waals surface area contributed by atoms with E-state index in [-0.39, 0.29) is 5.97 Å². The van der Waals surface area contributed by atoms with E-state index < -0.39 is 0 Å². The Bertz CT molecular complexity index is 376. The van der Waals surface area contributed by atoms with E-state index >= 15 is 0 Å². The lowest BCUT2D eigenvalue weighted by molar-refractivity contribution is 0.0599. The molecule has 0 aromatic heterocycles. The van der Waals surface area contributed by atoms with E-state index in [2.05, 4.69) is 4.74 Å². The zero-order chi connectivity index (χ0) is 11.4. The van der Waals surface area contributed by atoms with Crippen LogP contribution in [-0.2, 0) is 4.74 Å². The summed E-state index contributed by atoms with van der Waals surface area (Å²) in [4.78, 5) is 11.4. The highest BCUT2D eigenvalue weighted by atomic mass is 127. The molecular weight excluding hydrogens is 311 g/mol. The van der Waals surface area contributed by atoms with Crippen LogP contribution in [0.5, 0.6) is 11.5 Å². The Morgan fingerprint density at radius 3 is 2.13 bits per heavy atom. The second-order valence-electron chi connectivity index (χ2n) is 2.68. The zero-order valence-electron chi connectivity index (χ0n) is 8.67. The molecule has 0 radical (unpaired) electrons. The lowest BCUT2D eigenvalue weighted by Crippen LogP contribution is -2.05. The van der Waals surface area contributed by atoms with Gasteiger partial charge in [-0.2, -0.15) is 0 Å². The van der Waals surface area contributed by atoms with Gasteiger partial charge in [0.05, 0.1) is 26.9 Å². The van der Waals surface area contributed by atoms with Crippen molar-refractivity contribution in [1.82, 2.24) is 0 Å². The SMILES string of the molecule is COC(=O)c1cc(OC)c(OC)cc1I. The van der Waals surface area contributed by atoms with Crippen molar-refractivity contribution in [3.63, 3.8) is 0 Å². The molecular formula is C10H11IO4. The van der Waals surface area contributed by atoms with E-state index in [4.69, 9.17) is 9.47 Å². The monoisotopic (exact) mass is 322 g/mol. The number of benzene rings is 1. The molecule has 0 bridgehead atoms. The summed E-state index contributed by atoms with van der Waals surface area (Å²) in [6.45, 7) is 0. The van der Waals surface area contributed by atoms with E-state index in [1.54, 1.807) is 19.2 Å². The third-order valence-corrected chi connectivity index (χ3v) is 2.77. The van der Waals surface area contributed by atoms with Crippen LogP contribution in [0.2, 0.25) is 0 Å². The Balaban J connectivity index is 3.25. The van der Waals surface area contributed by atoms with Crippen LogP contribution in [0.3, 0.4) is 0 Å². The number of hydrogen-bond acceptors (Lipinski definition) is 4. The Labute approximate surface area is 102 Å². The van der Waals surface area contributed by atoms with Crippen LogP contribution in [0.1, 0.15) is 10.4 Å². The second kappa shape index (κ2) is 5.20. The number of methoxy groups -OCH3 is 3. The van der Waals surface area contributed by atoms with Crippen molar-refractivity contribution in [2.24, 2.45) is 0 Å². The first-order valence-corrected chi connectivity index (χ1v) is 5.21. The summed E-state index contributed by atoms with van der Waals surface area (Å²) in [5.74, 6) is 0.716. The molecule has 1 aromatic rings. The number of carbonyl (C=O) groups is 1. The first kappa shape index (κ1) is 12.1. The second-order valence-corrected chi connectivity index (χ2v) is 3.84. The largest absolute Gasteiger partial charge is 0.493 e.